The number of esters is 1. The molecular formula is C33H40F5NO6S. The van der Waals surface area contributed by atoms with E-state index in [4.69, 9.17) is 8.92 Å². The van der Waals surface area contributed by atoms with Crippen molar-refractivity contribution in [3.05, 3.63) is 82.5 Å². The summed E-state index contributed by atoms with van der Waals surface area (Å²) in [5.74, 6) is -4.45. The Labute approximate surface area is 267 Å². The molecule has 0 bridgehead atoms. The molecule has 0 fully saturated rings. The van der Waals surface area contributed by atoms with Gasteiger partial charge >= 0.3 is 12.1 Å². The minimum atomic E-state index is -5.20. The van der Waals surface area contributed by atoms with E-state index < -0.39 is 69.5 Å². The van der Waals surface area contributed by atoms with E-state index in [2.05, 4.69) is 11.9 Å². The van der Waals surface area contributed by atoms with E-state index in [1.807, 2.05) is 19.1 Å². The van der Waals surface area contributed by atoms with E-state index in [1.54, 1.807) is 0 Å². The van der Waals surface area contributed by atoms with Crippen LogP contribution in [0, 0.1) is 18.6 Å². The highest BCUT2D eigenvalue weighted by molar-refractivity contribution is 7.86. The molecule has 1 N–H and O–H groups in total. The van der Waals surface area contributed by atoms with Gasteiger partial charge in [0.05, 0.1) is 30.9 Å². The van der Waals surface area contributed by atoms with Crippen molar-refractivity contribution in [3.8, 4) is 11.1 Å². The summed E-state index contributed by atoms with van der Waals surface area (Å²) in [5, 5.41) is 2.30. The number of nitrogens with one attached hydrogen (secondary N) is 1. The fourth-order valence-electron chi connectivity index (χ4n) is 5.01. The molecule has 0 aliphatic carbocycles. The number of benzene rings is 2. The van der Waals surface area contributed by atoms with E-state index in [1.165, 1.54) is 26.8 Å². The first-order chi connectivity index (χ1) is 21.4. The lowest BCUT2D eigenvalue weighted by Gasteiger charge is -2.25. The van der Waals surface area contributed by atoms with Gasteiger partial charge in [-0.15, -0.1) is 6.58 Å². The maximum absolute atomic E-state index is 15.8. The normalized spacial score (nSPS) is 13.4. The third-order valence-electron chi connectivity index (χ3n) is 6.86. The molecule has 7 nitrogen and oxygen atoms in total. The van der Waals surface area contributed by atoms with Gasteiger partial charge in [0.1, 0.15) is 11.6 Å². The summed E-state index contributed by atoms with van der Waals surface area (Å²) >= 11 is 0. The Morgan fingerprint density at radius 2 is 1.76 bits per heavy atom. The molecule has 0 aliphatic heterocycles. The molecule has 2 aromatic carbocycles. The van der Waals surface area contributed by atoms with Crippen molar-refractivity contribution in [2.24, 2.45) is 0 Å². The monoisotopic (exact) mass is 673 g/mol. The van der Waals surface area contributed by atoms with Gasteiger partial charge in [0.15, 0.2) is 6.10 Å². The number of hydrogen-bond donors (Lipinski definition) is 1. The van der Waals surface area contributed by atoms with Crippen molar-refractivity contribution in [1.29, 1.82) is 0 Å². The second kappa shape index (κ2) is 16.8. The van der Waals surface area contributed by atoms with Gasteiger partial charge in [-0.05, 0) is 99.9 Å². The van der Waals surface area contributed by atoms with Gasteiger partial charge in [-0.2, -0.15) is 21.6 Å². The molecule has 0 spiro atoms. The van der Waals surface area contributed by atoms with E-state index >= 15 is 4.39 Å². The van der Waals surface area contributed by atoms with E-state index in [0.29, 0.717) is 41.9 Å². The van der Waals surface area contributed by atoms with Crippen LogP contribution in [0.5, 0.6) is 0 Å². The van der Waals surface area contributed by atoms with Gasteiger partial charge in [0.2, 0.25) is 0 Å². The number of carbonyl (C=O) groups is 2. The average molecular weight is 674 g/mol. The number of halogens is 5. The molecule has 2 atom stereocenters. The molecule has 46 heavy (non-hydrogen) atoms. The van der Waals surface area contributed by atoms with Crippen LogP contribution in [0.25, 0.3) is 11.1 Å². The van der Waals surface area contributed by atoms with Crippen LogP contribution < -0.4 is 5.32 Å². The number of hydrogen-bond acceptors (Lipinski definition) is 6. The molecule has 0 aromatic heterocycles. The molecule has 2 aromatic rings. The first-order valence-electron chi connectivity index (χ1n) is 14.7. The molecule has 0 radical (unpaired) electrons. The van der Waals surface area contributed by atoms with Gasteiger partial charge in [-0.3, -0.25) is 13.8 Å². The maximum Gasteiger partial charge on any atom is 0.419 e. The Morgan fingerprint density at radius 1 is 1.09 bits per heavy atom. The van der Waals surface area contributed by atoms with Crippen LogP contribution in [-0.4, -0.2) is 39.3 Å². The third-order valence-corrected chi connectivity index (χ3v) is 7.45. The number of rotatable bonds is 16. The number of ether oxygens (including phenoxy) is 1. The van der Waals surface area contributed by atoms with Crippen molar-refractivity contribution >= 4 is 22.0 Å². The van der Waals surface area contributed by atoms with Gasteiger partial charge in [-0.25, -0.2) is 8.78 Å². The topological polar surface area (TPSA) is 98.8 Å². The Morgan fingerprint density at radius 3 is 2.33 bits per heavy atom. The summed E-state index contributed by atoms with van der Waals surface area (Å²) in [7, 11) is -4.20. The Hall–Kier alpha value is -3.58. The van der Waals surface area contributed by atoms with Gasteiger partial charge < -0.3 is 10.1 Å². The quantitative estimate of drug-likeness (QED) is 0.0646. The molecule has 0 saturated heterocycles. The molecule has 254 valence electrons. The first-order valence-corrected chi connectivity index (χ1v) is 16.5. The second-order valence-electron chi connectivity index (χ2n) is 11.0. The van der Waals surface area contributed by atoms with Gasteiger partial charge in [0.25, 0.3) is 16.0 Å². The highest BCUT2D eigenvalue weighted by Gasteiger charge is 2.38. The number of allylic oxidation sites excluding steroid dienone is 2. The number of unbranched alkanes of at least 4 members (excludes halogenated alkanes) is 2. The average Bonchev–Trinajstić information content (AvgIpc) is 2.91. The minimum Gasteiger partial charge on any atom is -0.466 e. The molecule has 2 rings (SSSR count). The summed E-state index contributed by atoms with van der Waals surface area (Å²) in [5.41, 5.74) is -1.21. The lowest BCUT2D eigenvalue weighted by Crippen LogP contribution is -2.41. The van der Waals surface area contributed by atoms with Crippen molar-refractivity contribution in [2.45, 2.75) is 84.5 Å². The Bertz CT molecular complexity index is 1550. The molecule has 1 amide bonds. The molecule has 13 heteroatoms. The molecular weight excluding hydrogens is 633 g/mol. The number of alkyl halides is 3. The summed E-state index contributed by atoms with van der Waals surface area (Å²) in [6, 6.07) is 2.31. The lowest BCUT2D eigenvalue weighted by molar-refractivity contribution is -0.144. The predicted octanol–water partition coefficient (Wildman–Crippen LogP) is 7.67. The molecule has 0 unspecified atom stereocenters. The van der Waals surface area contributed by atoms with Crippen molar-refractivity contribution in [2.75, 3.05) is 12.9 Å². The maximum atomic E-state index is 15.8. The van der Waals surface area contributed by atoms with Gasteiger partial charge in [-0.1, -0.05) is 17.7 Å². The van der Waals surface area contributed by atoms with Crippen molar-refractivity contribution < 1.29 is 48.9 Å². The Kier molecular flexibility index (Phi) is 14.1. The minimum absolute atomic E-state index is 0.112. The zero-order valence-electron chi connectivity index (χ0n) is 26.5. The second-order valence-corrected chi connectivity index (χ2v) is 12.6. The first kappa shape index (κ1) is 38.6. The van der Waals surface area contributed by atoms with Crippen molar-refractivity contribution in [1.82, 2.24) is 5.32 Å². The molecule has 0 saturated carbocycles. The van der Waals surface area contributed by atoms with Crippen molar-refractivity contribution in [3.63, 3.8) is 0 Å². The summed E-state index contributed by atoms with van der Waals surface area (Å²) < 4.78 is 107. The van der Waals surface area contributed by atoms with Crippen LogP contribution in [0.15, 0.2) is 48.6 Å². The molecule has 0 heterocycles. The fraction of sp³-hybridized carbons (Fsp3) is 0.455. The van der Waals surface area contributed by atoms with Crippen LogP contribution >= 0.6 is 0 Å². The number of carbonyl (C=O) groups excluding carboxylic acids is 2. The highest BCUT2D eigenvalue weighted by atomic mass is 32.2. The predicted molar refractivity (Wildman–Crippen MR) is 165 cm³/mol. The van der Waals surface area contributed by atoms with Crippen LogP contribution in [0.1, 0.15) is 81.2 Å². The summed E-state index contributed by atoms with van der Waals surface area (Å²) in [4.78, 5) is 25.8. The highest BCUT2D eigenvalue weighted by Crippen LogP contribution is 2.40. The zero-order chi connectivity index (χ0) is 34.8. The van der Waals surface area contributed by atoms with E-state index in [0.717, 1.165) is 25.0 Å². The fourth-order valence-corrected chi connectivity index (χ4v) is 5.58. The lowest BCUT2D eigenvalue weighted by atomic mass is 9.88. The number of amides is 1. The van der Waals surface area contributed by atoms with Crippen LogP contribution in [0.2, 0.25) is 0 Å². The largest absolute Gasteiger partial charge is 0.466 e. The van der Waals surface area contributed by atoms with E-state index in [-0.39, 0.29) is 24.2 Å². The zero-order valence-corrected chi connectivity index (χ0v) is 27.3. The summed E-state index contributed by atoms with van der Waals surface area (Å²) in [6.07, 6.45) is -1.07. The standard InChI is InChI=1S/C33H40F5NO6S/c1-7-9-10-11-12-13-22-16-24(34)15-21(5)30(22)23-17-25(31(35)26(18-23)33(36,37)38)27(19-29(40)44-8-2)39-32(41)28(14-20(3)4)45-46(6,42)43/h7,9,15-18,27-28H,3,8,10-14,19H2,1-2,4-6H3,(H,39,41)/t27-,28+/m0/s1. The summed E-state index contributed by atoms with van der Waals surface area (Å²) in [6.45, 7) is 9.87. The smallest absolute Gasteiger partial charge is 0.419 e. The van der Waals surface area contributed by atoms with Gasteiger partial charge in [0, 0.05) is 12.0 Å². The van der Waals surface area contributed by atoms with Crippen LogP contribution in [-0.2, 0) is 41.2 Å². The Balaban J connectivity index is 2.79. The van der Waals surface area contributed by atoms with E-state index in [9.17, 15) is 35.6 Å². The van der Waals surface area contributed by atoms with Crippen LogP contribution in [0.4, 0.5) is 22.0 Å². The molecule has 0 aliphatic rings. The third kappa shape index (κ3) is 11.7. The van der Waals surface area contributed by atoms with Crippen LogP contribution in [0.3, 0.4) is 0 Å². The number of aryl methyl sites for hydroxylation is 2. The SMILES string of the molecule is C=C(C)C[C@@H](OS(C)(=O)=O)C(=O)N[C@@H](CC(=O)OCC)c1cc(-c2c(C)cc(F)cc2CCCCC=CC)cc(C(F)(F)F)c1F.